The lowest BCUT2D eigenvalue weighted by molar-refractivity contribution is -0.111. The molecule has 0 atom stereocenters. The predicted octanol–water partition coefficient (Wildman–Crippen LogP) is 3.31. The number of benzene rings is 2. The summed E-state index contributed by atoms with van der Waals surface area (Å²) in [7, 11) is 3.67. The van der Waals surface area contributed by atoms with E-state index >= 15 is 0 Å². The molecule has 1 heterocycles. The van der Waals surface area contributed by atoms with Gasteiger partial charge in [-0.05, 0) is 61.5 Å². The number of nitrogens with one attached hydrogen (secondary N) is 1. The molecule has 31 heavy (non-hydrogen) atoms. The summed E-state index contributed by atoms with van der Waals surface area (Å²) in [4.78, 5) is 17.1. The Morgan fingerprint density at radius 1 is 1.16 bits per heavy atom. The second-order valence-electron chi connectivity index (χ2n) is 7.47. The molecule has 1 N–H and O–H groups in total. The Bertz CT molecular complexity index is 989. The number of ether oxygens (including phenoxy) is 2. The zero-order valence-electron chi connectivity index (χ0n) is 18.2. The summed E-state index contributed by atoms with van der Waals surface area (Å²) in [5.41, 5.74) is 3.91. The molecule has 1 aliphatic rings. The van der Waals surface area contributed by atoms with Crippen molar-refractivity contribution in [3.63, 3.8) is 0 Å². The quantitative estimate of drug-likeness (QED) is 0.693. The molecule has 2 aromatic carbocycles. The minimum absolute atomic E-state index is 0.0546. The average molecular weight is 421 g/mol. The fourth-order valence-corrected chi connectivity index (χ4v) is 3.51. The maximum absolute atomic E-state index is 12.4. The number of hydrogen-bond acceptors (Lipinski definition) is 6. The number of piperazine rings is 1. The van der Waals surface area contributed by atoms with Crippen LogP contribution in [0.15, 0.2) is 42.5 Å². The second kappa shape index (κ2) is 10.5. The fourth-order valence-electron chi connectivity index (χ4n) is 3.51. The van der Waals surface area contributed by atoms with Crippen molar-refractivity contribution in [3.8, 4) is 17.6 Å². The first kappa shape index (κ1) is 22.2. The Labute approximate surface area is 183 Å². The molecule has 162 valence electrons. The SMILES string of the molecule is COc1cc(/C=C/C(=O)Nc2ccc(N3CCN(C)CC3)c(C)c2)ccc1OCC#N. The number of rotatable bonds is 7. The van der Waals surface area contributed by atoms with Crippen LogP contribution in [0.2, 0.25) is 0 Å². The Kier molecular flexibility index (Phi) is 7.52. The molecule has 0 unspecified atom stereocenters. The van der Waals surface area contributed by atoms with Crippen LogP contribution in [0.25, 0.3) is 6.08 Å². The predicted molar refractivity (Wildman–Crippen MR) is 123 cm³/mol. The van der Waals surface area contributed by atoms with E-state index in [0.29, 0.717) is 11.5 Å². The smallest absolute Gasteiger partial charge is 0.248 e. The van der Waals surface area contributed by atoms with Crippen LogP contribution in [0.5, 0.6) is 11.5 Å². The third-order valence-electron chi connectivity index (χ3n) is 5.22. The van der Waals surface area contributed by atoms with Crippen LogP contribution in [0.4, 0.5) is 11.4 Å². The molecule has 7 nitrogen and oxygen atoms in total. The molecule has 3 rings (SSSR count). The zero-order valence-corrected chi connectivity index (χ0v) is 18.2. The van der Waals surface area contributed by atoms with Gasteiger partial charge in [0, 0.05) is 43.6 Å². The summed E-state index contributed by atoms with van der Waals surface area (Å²) in [6.45, 7) is 6.14. The second-order valence-corrected chi connectivity index (χ2v) is 7.47. The number of hydrogen-bond donors (Lipinski definition) is 1. The highest BCUT2D eigenvalue weighted by atomic mass is 16.5. The van der Waals surface area contributed by atoms with Crippen molar-refractivity contribution in [2.75, 3.05) is 57.2 Å². The molecule has 0 aromatic heterocycles. The van der Waals surface area contributed by atoms with Gasteiger partial charge >= 0.3 is 0 Å². The number of likely N-dealkylation sites (N-methyl/N-ethyl adjacent to an activating group) is 1. The normalized spacial score (nSPS) is 14.3. The van der Waals surface area contributed by atoms with E-state index in [4.69, 9.17) is 14.7 Å². The van der Waals surface area contributed by atoms with Gasteiger partial charge in [0.25, 0.3) is 0 Å². The number of carbonyl (C=O) groups is 1. The van der Waals surface area contributed by atoms with Crippen LogP contribution in [0.1, 0.15) is 11.1 Å². The number of nitriles is 1. The minimum Gasteiger partial charge on any atom is -0.493 e. The molecular formula is C24H28N4O3. The lowest BCUT2D eigenvalue weighted by Gasteiger charge is -2.35. The molecule has 1 amide bonds. The molecule has 1 aliphatic heterocycles. The lowest BCUT2D eigenvalue weighted by atomic mass is 10.1. The number of anilines is 2. The van der Waals surface area contributed by atoms with Crippen molar-refractivity contribution in [1.82, 2.24) is 4.90 Å². The maximum Gasteiger partial charge on any atom is 0.248 e. The van der Waals surface area contributed by atoms with Gasteiger partial charge in [-0.1, -0.05) is 6.07 Å². The van der Waals surface area contributed by atoms with Crippen LogP contribution in [-0.2, 0) is 4.79 Å². The third kappa shape index (κ3) is 6.00. The topological polar surface area (TPSA) is 77.8 Å². The van der Waals surface area contributed by atoms with Gasteiger partial charge in [0.1, 0.15) is 6.07 Å². The maximum atomic E-state index is 12.4. The Morgan fingerprint density at radius 2 is 1.94 bits per heavy atom. The van der Waals surface area contributed by atoms with Crippen LogP contribution in [0, 0.1) is 18.3 Å². The highest BCUT2D eigenvalue weighted by Gasteiger charge is 2.16. The standard InChI is InChI=1S/C24H28N4O3/c1-18-16-20(6-7-21(18)28-13-11-27(2)12-14-28)26-24(29)9-5-19-4-8-22(31-15-10-25)23(17-19)30-3/h4-9,16-17H,11-15H2,1-3H3,(H,26,29)/b9-5+. The first-order valence-electron chi connectivity index (χ1n) is 10.2. The molecule has 0 spiro atoms. The van der Waals surface area contributed by atoms with Crippen molar-refractivity contribution in [2.24, 2.45) is 0 Å². The van der Waals surface area contributed by atoms with E-state index in [1.54, 1.807) is 24.3 Å². The Balaban J connectivity index is 1.62. The highest BCUT2D eigenvalue weighted by Crippen LogP contribution is 2.28. The van der Waals surface area contributed by atoms with Gasteiger partial charge in [-0.2, -0.15) is 5.26 Å². The number of amides is 1. The van der Waals surface area contributed by atoms with Crippen molar-refractivity contribution >= 4 is 23.4 Å². The summed E-state index contributed by atoms with van der Waals surface area (Å²) in [6.07, 6.45) is 3.19. The van der Waals surface area contributed by atoms with Crippen LogP contribution >= 0.6 is 0 Å². The first-order chi connectivity index (χ1) is 15.0. The monoisotopic (exact) mass is 420 g/mol. The van der Waals surface area contributed by atoms with Crippen molar-refractivity contribution in [2.45, 2.75) is 6.92 Å². The number of nitrogens with zero attached hydrogens (tertiary/aromatic N) is 3. The van der Waals surface area contributed by atoms with E-state index in [9.17, 15) is 4.79 Å². The summed E-state index contributed by atoms with van der Waals surface area (Å²) < 4.78 is 10.6. The first-order valence-corrected chi connectivity index (χ1v) is 10.2. The highest BCUT2D eigenvalue weighted by molar-refractivity contribution is 6.02. The number of methoxy groups -OCH3 is 1. The lowest BCUT2D eigenvalue weighted by Crippen LogP contribution is -2.44. The Hall–Kier alpha value is -3.50. The van der Waals surface area contributed by atoms with Gasteiger partial charge < -0.3 is 24.6 Å². The van der Waals surface area contributed by atoms with E-state index in [0.717, 1.165) is 43.0 Å². The van der Waals surface area contributed by atoms with Crippen LogP contribution in [-0.4, -0.2) is 57.8 Å². The fraction of sp³-hybridized carbons (Fsp3) is 0.333. The van der Waals surface area contributed by atoms with Gasteiger partial charge in [0.05, 0.1) is 7.11 Å². The molecular weight excluding hydrogens is 392 g/mol. The van der Waals surface area contributed by atoms with E-state index in [1.165, 1.54) is 18.9 Å². The van der Waals surface area contributed by atoms with Gasteiger partial charge in [0.2, 0.25) is 5.91 Å². The molecule has 7 heteroatoms. The van der Waals surface area contributed by atoms with Gasteiger partial charge in [-0.15, -0.1) is 0 Å². The number of aryl methyl sites for hydroxylation is 1. The largest absolute Gasteiger partial charge is 0.493 e. The summed E-state index contributed by atoms with van der Waals surface area (Å²) in [6, 6.07) is 13.2. The van der Waals surface area contributed by atoms with E-state index < -0.39 is 0 Å². The van der Waals surface area contributed by atoms with E-state index in [1.807, 2.05) is 18.2 Å². The van der Waals surface area contributed by atoms with Crippen molar-refractivity contribution in [1.29, 1.82) is 5.26 Å². The number of carbonyl (C=O) groups excluding carboxylic acids is 1. The minimum atomic E-state index is -0.212. The summed E-state index contributed by atoms with van der Waals surface area (Å²) in [5, 5.41) is 11.6. The van der Waals surface area contributed by atoms with Crippen LogP contribution < -0.4 is 19.7 Å². The molecule has 0 radical (unpaired) electrons. The molecule has 0 saturated carbocycles. The Morgan fingerprint density at radius 3 is 2.61 bits per heavy atom. The van der Waals surface area contributed by atoms with Gasteiger partial charge in [-0.25, -0.2) is 0 Å². The van der Waals surface area contributed by atoms with Crippen molar-refractivity contribution < 1.29 is 14.3 Å². The van der Waals surface area contributed by atoms with Gasteiger partial charge in [0.15, 0.2) is 18.1 Å². The van der Waals surface area contributed by atoms with E-state index in [-0.39, 0.29) is 12.5 Å². The van der Waals surface area contributed by atoms with E-state index in [2.05, 4.69) is 35.2 Å². The third-order valence-corrected chi connectivity index (χ3v) is 5.22. The zero-order chi connectivity index (χ0) is 22.2. The summed E-state index contributed by atoms with van der Waals surface area (Å²) in [5.74, 6) is 0.782. The summed E-state index contributed by atoms with van der Waals surface area (Å²) >= 11 is 0. The van der Waals surface area contributed by atoms with Crippen molar-refractivity contribution in [3.05, 3.63) is 53.6 Å². The molecule has 0 aliphatic carbocycles. The van der Waals surface area contributed by atoms with Gasteiger partial charge in [-0.3, -0.25) is 4.79 Å². The van der Waals surface area contributed by atoms with Crippen LogP contribution in [0.3, 0.4) is 0 Å². The molecule has 1 fully saturated rings. The molecule has 0 bridgehead atoms. The molecule has 2 aromatic rings. The molecule has 1 saturated heterocycles. The average Bonchev–Trinajstić information content (AvgIpc) is 2.77.